The number of rotatable bonds is 4. The van der Waals surface area contributed by atoms with Crippen LogP contribution in [0.15, 0.2) is 6.33 Å². The average molecular weight is 301 g/mol. The fourth-order valence-electron chi connectivity index (χ4n) is 4.67. The van der Waals surface area contributed by atoms with Gasteiger partial charge in [0, 0.05) is 30.6 Å². The number of nitrogens with zero attached hydrogens (tertiary/aromatic N) is 3. The van der Waals surface area contributed by atoms with E-state index < -0.39 is 0 Å². The highest BCUT2D eigenvalue weighted by Crippen LogP contribution is 2.41. The van der Waals surface area contributed by atoms with E-state index in [1.807, 2.05) is 0 Å². The number of hydrogen-bond acceptors (Lipinski definition) is 5. The molecule has 120 valence electrons. The molecule has 0 aliphatic carbocycles. The minimum absolute atomic E-state index is 0.499. The molecule has 4 rings (SSSR count). The van der Waals surface area contributed by atoms with Crippen molar-refractivity contribution in [1.82, 2.24) is 20.2 Å². The molecule has 4 heterocycles. The van der Waals surface area contributed by atoms with Crippen molar-refractivity contribution in [2.45, 2.75) is 50.5 Å². The lowest BCUT2D eigenvalue weighted by Crippen LogP contribution is -2.39. The maximum absolute atomic E-state index is 4.52. The van der Waals surface area contributed by atoms with E-state index in [2.05, 4.69) is 25.5 Å². The minimum Gasteiger partial charge on any atom is -0.370 e. The molecule has 5 heteroatoms. The Labute approximate surface area is 132 Å². The molecular weight excluding hydrogens is 274 g/mol. The van der Waals surface area contributed by atoms with Gasteiger partial charge in [-0.1, -0.05) is 0 Å². The maximum atomic E-state index is 4.52. The summed E-state index contributed by atoms with van der Waals surface area (Å²) >= 11 is 0. The van der Waals surface area contributed by atoms with Crippen molar-refractivity contribution in [1.29, 1.82) is 0 Å². The van der Waals surface area contributed by atoms with E-state index in [4.69, 9.17) is 0 Å². The summed E-state index contributed by atoms with van der Waals surface area (Å²) < 4.78 is 0. The van der Waals surface area contributed by atoms with Gasteiger partial charge < -0.3 is 10.6 Å². The maximum Gasteiger partial charge on any atom is 0.132 e. The first-order valence-electron chi connectivity index (χ1n) is 8.90. The number of aromatic nitrogens is 2. The molecule has 0 spiro atoms. The number of anilines is 1. The van der Waals surface area contributed by atoms with E-state index in [1.165, 1.54) is 56.5 Å². The van der Waals surface area contributed by atoms with Gasteiger partial charge in [0.05, 0.1) is 5.69 Å². The molecule has 22 heavy (non-hydrogen) atoms. The summed E-state index contributed by atoms with van der Waals surface area (Å²) in [5.41, 5.74) is 3.06. The highest BCUT2D eigenvalue weighted by Gasteiger charge is 2.43. The summed E-state index contributed by atoms with van der Waals surface area (Å²) in [7, 11) is 0. The minimum atomic E-state index is 0.499. The molecule has 2 N–H and O–H groups in total. The summed E-state index contributed by atoms with van der Waals surface area (Å²) in [5.74, 6) is 1.08. The van der Waals surface area contributed by atoms with Crippen LogP contribution in [0.4, 0.5) is 5.82 Å². The lowest BCUT2D eigenvalue weighted by atomic mass is 9.90. The topological polar surface area (TPSA) is 53.1 Å². The molecule has 3 aliphatic heterocycles. The Bertz CT molecular complexity index is 520. The molecule has 1 aromatic heterocycles. The van der Waals surface area contributed by atoms with E-state index in [-0.39, 0.29) is 0 Å². The second-order valence-electron chi connectivity index (χ2n) is 6.99. The summed E-state index contributed by atoms with van der Waals surface area (Å²) in [6.07, 6.45) is 10.6. The van der Waals surface area contributed by atoms with Gasteiger partial charge >= 0.3 is 0 Å². The van der Waals surface area contributed by atoms with Gasteiger partial charge in [-0.25, -0.2) is 9.97 Å². The largest absolute Gasteiger partial charge is 0.370 e. The molecule has 3 aliphatic rings. The molecule has 0 radical (unpaired) electrons. The van der Waals surface area contributed by atoms with Crippen LogP contribution in [0.5, 0.6) is 0 Å². The van der Waals surface area contributed by atoms with E-state index in [0.717, 1.165) is 38.3 Å². The first-order valence-corrected chi connectivity index (χ1v) is 8.90. The molecule has 0 bridgehead atoms. The van der Waals surface area contributed by atoms with Gasteiger partial charge in [-0.05, 0) is 58.2 Å². The van der Waals surface area contributed by atoms with Crippen molar-refractivity contribution in [3.63, 3.8) is 0 Å². The normalized spacial score (nSPS) is 23.8. The molecule has 0 atom stereocenters. The van der Waals surface area contributed by atoms with Crippen LogP contribution in [0.3, 0.4) is 0 Å². The highest BCUT2D eigenvalue weighted by atomic mass is 15.2. The average Bonchev–Trinajstić information content (AvgIpc) is 2.99. The van der Waals surface area contributed by atoms with Crippen LogP contribution in [0.2, 0.25) is 0 Å². The lowest BCUT2D eigenvalue weighted by molar-refractivity contribution is 0.187. The predicted molar refractivity (Wildman–Crippen MR) is 88.2 cm³/mol. The molecule has 2 saturated heterocycles. The van der Waals surface area contributed by atoms with Crippen molar-refractivity contribution < 1.29 is 0 Å². The summed E-state index contributed by atoms with van der Waals surface area (Å²) in [4.78, 5) is 11.7. The van der Waals surface area contributed by atoms with E-state index >= 15 is 0 Å². The van der Waals surface area contributed by atoms with Gasteiger partial charge in [0.25, 0.3) is 0 Å². The Kier molecular flexibility index (Phi) is 4.01. The quantitative estimate of drug-likeness (QED) is 0.884. The fourth-order valence-corrected chi connectivity index (χ4v) is 4.67. The number of hydrogen-bond donors (Lipinski definition) is 2. The first kappa shape index (κ1) is 14.4. The van der Waals surface area contributed by atoms with E-state index in [1.54, 1.807) is 6.33 Å². The third-order valence-corrected chi connectivity index (χ3v) is 5.82. The van der Waals surface area contributed by atoms with Crippen LogP contribution in [0.1, 0.15) is 43.4 Å². The molecule has 1 aromatic rings. The smallest absolute Gasteiger partial charge is 0.132 e. The third-order valence-electron chi connectivity index (χ3n) is 5.82. The van der Waals surface area contributed by atoms with Crippen molar-refractivity contribution in [3.8, 4) is 0 Å². The van der Waals surface area contributed by atoms with Gasteiger partial charge in [-0.2, -0.15) is 0 Å². The molecule has 0 amide bonds. The predicted octanol–water partition coefficient (Wildman–Crippen LogP) is 1.60. The second-order valence-corrected chi connectivity index (χ2v) is 6.99. The van der Waals surface area contributed by atoms with E-state index in [0.29, 0.717) is 5.54 Å². The lowest BCUT2D eigenvalue weighted by Gasteiger charge is -2.32. The summed E-state index contributed by atoms with van der Waals surface area (Å²) in [6.45, 7) is 5.73. The zero-order valence-electron chi connectivity index (χ0n) is 13.4. The van der Waals surface area contributed by atoms with Crippen LogP contribution in [-0.2, 0) is 12.8 Å². The van der Waals surface area contributed by atoms with Crippen molar-refractivity contribution >= 4 is 5.82 Å². The zero-order valence-corrected chi connectivity index (χ0v) is 13.4. The van der Waals surface area contributed by atoms with Gasteiger partial charge in [0.15, 0.2) is 0 Å². The van der Waals surface area contributed by atoms with Crippen molar-refractivity contribution in [2.24, 2.45) is 0 Å². The van der Waals surface area contributed by atoms with Crippen molar-refractivity contribution in [2.75, 3.05) is 38.0 Å². The Balaban J connectivity index is 1.42. The van der Waals surface area contributed by atoms with Crippen LogP contribution in [-0.4, -0.2) is 53.1 Å². The Morgan fingerprint density at radius 2 is 1.95 bits per heavy atom. The second kappa shape index (κ2) is 6.13. The molecule has 5 nitrogen and oxygen atoms in total. The number of nitrogens with one attached hydrogen (secondary N) is 2. The molecular formula is C17H27N5. The summed E-state index contributed by atoms with van der Waals surface area (Å²) in [5, 5.41) is 7.08. The third kappa shape index (κ3) is 2.61. The van der Waals surface area contributed by atoms with Crippen LogP contribution in [0.25, 0.3) is 0 Å². The standard InChI is InChI=1S/C17H27N5/c1-5-17(6-2-12-22(17)11-1)7-10-19-16-14-3-8-18-9-4-15(14)20-13-21-16/h13,18H,1-12H2,(H,19,20,21). The van der Waals surface area contributed by atoms with Gasteiger partial charge in [-0.15, -0.1) is 0 Å². The van der Waals surface area contributed by atoms with Gasteiger partial charge in [0.2, 0.25) is 0 Å². The van der Waals surface area contributed by atoms with Crippen molar-refractivity contribution in [3.05, 3.63) is 17.6 Å². The highest BCUT2D eigenvalue weighted by molar-refractivity contribution is 5.46. The summed E-state index contributed by atoms with van der Waals surface area (Å²) in [6, 6.07) is 0. The van der Waals surface area contributed by atoms with Crippen LogP contribution in [0, 0.1) is 0 Å². The molecule has 0 unspecified atom stereocenters. The first-order chi connectivity index (χ1) is 10.9. The van der Waals surface area contributed by atoms with E-state index in [9.17, 15) is 0 Å². The fraction of sp³-hybridized carbons (Fsp3) is 0.765. The van der Waals surface area contributed by atoms with Crippen LogP contribution < -0.4 is 10.6 Å². The molecule has 0 aromatic carbocycles. The number of fused-ring (bicyclic) bond motifs is 2. The molecule has 2 fully saturated rings. The monoisotopic (exact) mass is 301 g/mol. The molecule has 0 saturated carbocycles. The van der Waals surface area contributed by atoms with Gasteiger partial charge in [-0.3, -0.25) is 4.90 Å². The SMILES string of the molecule is c1nc2c(c(NCCC34CCCN3CCC4)n1)CCNCC2. The van der Waals surface area contributed by atoms with Gasteiger partial charge in [0.1, 0.15) is 12.1 Å². The zero-order chi connectivity index (χ0) is 14.8. The Morgan fingerprint density at radius 3 is 2.82 bits per heavy atom. The van der Waals surface area contributed by atoms with Crippen LogP contribution >= 0.6 is 0 Å². The Hall–Kier alpha value is -1.20. The Morgan fingerprint density at radius 1 is 1.14 bits per heavy atom.